The third-order valence-electron chi connectivity index (χ3n) is 4.12. The predicted molar refractivity (Wildman–Crippen MR) is 95.9 cm³/mol. The number of anilines is 1. The molecule has 0 aliphatic carbocycles. The van der Waals surface area contributed by atoms with E-state index in [0.29, 0.717) is 36.2 Å². The van der Waals surface area contributed by atoms with Crippen LogP contribution in [0.4, 0.5) is 14.9 Å². The maximum Gasteiger partial charge on any atom is 0.322 e. The maximum absolute atomic E-state index is 13.2. The van der Waals surface area contributed by atoms with Crippen LogP contribution in [-0.4, -0.2) is 40.3 Å². The monoisotopic (exact) mass is 368 g/mol. The number of nitrogens with one attached hydrogen (secondary N) is 1. The Morgan fingerprint density at radius 3 is 2.81 bits per heavy atom. The van der Waals surface area contributed by atoms with Crippen molar-refractivity contribution in [2.75, 3.05) is 18.4 Å². The molecule has 2 aromatic carbocycles. The summed E-state index contributed by atoms with van der Waals surface area (Å²) in [5.74, 6) is 1.27. The molecule has 1 saturated heterocycles. The molecule has 27 heavy (non-hydrogen) atoms. The first kappa shape index (κ1) is 17.0. The van der Waals surface area contributed by atoms with Gasteiger partial charge in [0, 0.05) is 11.3 Å². The van der Waals surface area contributed by atoms with Gasteiger partial charge < -0.3 is 19.5 Å². The largest absolute Gasteiger partial charge is 0.487 e. The Balaban J connectivity index is 1.32. The summed E-state index contributed by atoms with van der Waals surface area (Å²) in [4.78, 5) is 17.9. The van der Waals surface area contributed by atoms with Crippen LogP contribution in [-0.2, 0) is 0 Å². The predicted octanol–water partition coefficient (Wildman–Crippen LogP) is 3.48. The van der Waals surface area contributed by atoms with Gasteiger partial charge in [-0.25, -0.2) is 9.18 Å². The second kappa shape index (κ2) is 7.06. The molecule has 2 heterocycles. The van der Waals surface area contributed by atoms with Crippen molar-refractivity contribution in [1.29, 1.82) is 0 Å². The lowest BCUT2D eigenvalue weighted by Crippen LogP contribution is -2.57. The van der Waals surface area contributed by atoms with Gasteiger partial charge in [0.05, 0.1) is 13.1 Å². The summed E-state index contributed by atoms with van der Waals surface area (Å²) in [5.41, 5.74) is 1.19. The van der Waals surface area contributed by atoms with Crippen molar-refractivity contribution in [3.63, 3.8) is 0 Å². The second-order valence-corrected chi connectivity index (χ2v) is 6.26. The minimum atomic E-state index is -0.394. The number of halogens is 1. The molecule has 0 spiro atoms. The molecule has 1 aliphatic heterocycles. The zero-order valence-corrected chi connectivity index (χ0v) is 14.6. The van der Waals surface area contributed by atoms with Crippen LogP contribution in [0.5, 0.6) is 5.75 Å². The van der Waals surface area contributed by atoms with Crippen LogP contribution in [0, 0.1) is 12.7 Å². The third-order valence-corrected chi connectivity index (χ3v) is 4.12. The van der Waals surface area contributed by atoms with E-state index < -0.39 is 5.82 Å². The number of aromatic nitrogens is 2. The van der Waals surface area contributed by atoms with E-state index in [4.69, 9.17) is 9.26 Å². The average molecular weight is 368 g/mol. The Kier molecular flexibility index (Phi) is 4.45. The van der Waals surface area contributed by atoms with E-state index >= 15 is 0 Å². The minimum absolute atomic E-state index is 0.108. The van der Waals surface area contributed by atoms with Crippen LogP contribution in [0.25, 0.3) is 11.5 Å². The number of hydrogen-bond donors (Lipinski definition) is 1. The third kappa shape index (κ3) is 3.89. The van der Waals surface area contributed by atoms with Crippen molar-refractivity contribution < 1.29 is 18.4 Å². The molecule has 0 atom stereocenters. The number of carbonyl (C=O) groups excluding carboxylic acids is 1. The molecule has 138 valence electrons. The van der Waals surface area contributed by atoms with Crippen LogP contribution in [0.2, 0.25) is 0 Å². The number of benzene rings is 2. The Bertz CT molecular complexity index is 969. The van der Waals surface area contributed by atoms with Gasteiger partial charge in [0.2, 0.25) is 0 Å². The smallest absolute Gasteiger partial charge is 0.322 e. The summed E-state index contributed by atoms with van der Waals surface area (Å²) in [7, 11) is 0. The summed E-state index contributed by atoms with van der Waals surface area (Å²) in [5, 5.41) is 6.44. The first-order valence-electron chi connectivity index (χ1n) is 8.46. The van der Waals surface area contributed by atoms with Gasteiger partial charge in [-0.3, -0.25) is 0 Å². The molecule has 1 aromatic heterocycles. The molecule has 0 bridgehead atoms. The lowest BCUT2D eigenvalue weighted by atomic mass is 10.1. The van der Waals surface area contributed by atoms with Crippen molar-refractivity contribution in [2.45, 2.75) is 13.0 Å². The normalized spacial score (nSPS) is 13.9. The lowest BCUT2D eigenvalue weighted by Gasteiger charge is -2.38. The highest BCUT2D eigenvalue weighted by Crippen LogP contribution is 2.25. The molecule has 7 nitrogen and oxygen atoms in total. The summed E-state index contributed by atoms with van der Waals surface area (Å²) in [6.45, 7) is 2.65. The van der Waals surface area contributed by atoms with E-state index in [0.717, 1.165) is 5.56 Å². The molecule has 8 heteroatoms. The zero-order chi connectivity index (χ0) is 18.8. The van der Waals surface area contributed by atoms with Crippen LogP contribution in [0.1, 0.15) is 5.82 Å². The Labute approximate surface area is 154 Å². The van der Waals surface area contributed by atoms with Crippen LogP contribution in [0.15, 0.2) is 53.1 Å². The van der Waals surface area contributed by atoms with Gasteiger partial charge in [-0.05, 0) is 43.3 Å². The molecular weight excluding hydrogens is 351 g/mol. The Hall–Kier alpha value is -3.42. The van der Waals surface area contributed by atoms with E-state index in [2.05, 4.69) is 15.5 Å². The molecule has 3 aromatic rings. The summed E-state index contributed by atoms with van der Waals surface area (Å²) in [6, 6.07) is 12.9. The standard InChI is InChI=1S/C19H17FN4O3/c1-12-21-18(27-23-12)13-4-2-7-16(8-13)26-17-10-24(11-17)19(25)22-15-6-3-5-14(20)9-15/h2-9,17H,10-11H2,1H3,(H,22,25). The van der Waals surface area contributed by atoms with E-state index in [-0.39, 0.29) is 12.1 Å². The molecule has 4 rings (SSSR count). The van der Waals surface area contributed by atoms with Gasteiger partial charge in [-0.1, -0.05) is 17.3 Å². The number of nitrogens with zero attached hydrogens (tertiary/aromatic N) is 3. The molecule has 2 amide bonds. The average Bonchev–Trinajstić information content (AvgIpc) is 3.04. The van der Waals surface area contributed by atoms with Gasteiger partial charge >= 0.3 is 6.03 Å². The second-order valence-electron chi connectivity index (χ2n) is 6.26. The number of rotatable bonds is 4. The number of likely N-dealkylation sites (tertiary alicyclic amines) is 1. The fourth-order valence-corrected chi connectivity index (χ4v) is 2.76. The number of urea groups is 1. The maximum atomic E-state index is 13.2. The fourth-order valence-electron chi connectivity index (χ4n) is 2.76. The molecule has 1 N–H and O–H groups in total. The molecule has 0 saturated carbocycles. The molecule has 0 radical (unpaired) electrons. The number of hydrogen-bond acceptors (Lipinski definition) is 5. The quantitative estimate of drug-likeness (QED) is 0.763. The Morgan fingerprint density at radius 1 is 1.26 bits per heavy atom. The van der Waals surface area contributed by atoms with Gasteiger partial charge in [0.1, 0.15) is 17.7 Å². The fraction of sp³-hybridized carbons (Fsp3) is 0.211. The highest BCUT2D eigenvalue weighted by molar-refractivity contribution is 5.89. The van der Waals surface area contributed by atoms with Crippen LogP contribution in [0.3, 0.4) is 0 Å². The van der Waals surface area contributed by atoms with E-state index in [1.165, 1.54) is 12.1 Å². The number of amides is 2. The van der Waals surface area contributed by atoms with Crippen molar-refractivity contribution in [3.05, 3.63) is 60.2 Å². The first-order valence-corrected chi connectivity index (χ1v) is 8.46. The first-order chi connectivity index (χ1) is 13.1. The van der Waals surface area contributed by atoms with Crippen LogP contribution >= 0.6 is 0 Å². The van der Waals surface area contributed by atoms with Crippen LogP contribution < -0.4 is 10.1 Å². The number of aryl methyl sites for hydroxylation is 1. The molecule has 0 unspecified atom stereocenters. The molecule has 1 fully saturated rings. The van der Waals surface area contributed by atoms with Crippen molar-refractivity contribution in [2.24, 2.45) is 0 Å². The van der Waals surface area contributed by atoms with Gasteiger partial charge in [-0.15, -0.1) is 0 Å². The van der Waals surface area contributed by atoms with E-state index in [1.807, 2.05) is 24.3 Å². The Morgan fingerprint density at radius 2 is 2.07 bits per heavy atom. The number of carbonyl (C=O) groups is 1. The summed E-state index contributed by atoms with van der Waals surface area (Å²) < 4.78 is 24.2. The van der Waals surface area contributed by atoms with Crippen molar-refractivity contribution >= 4 is 11.7 Å². The van der Waals surface area contributed by atoms with E-state index in [9.17, 15) is 9.18 Å². The molecule has 1 aliphatic rings. The SMILES string of the molecule is Cc1noc(-c2cccc(OC3CN(C(=O)Nc4cccc(F)c4)C3)c2)n1. The van der Waals surface area contributed by atoms with Gasteiger partial charge in [0.25, 0.3) is 5.89 Å². The summed E-state index contributed by atoms with van der Waals surface area (Å²) >= 11 is 0. The highest BCUT2D eigenvalue weighted by atomic mass is 19.1. The zero-order valence-electron chi connectivity index (χ0n) is 14.6. The number of ether oxygens (including phenoxy) is 1. The van der Waals surface area contributed by atoms with E-state index in [1.54, 1.807) is 24.0 Å². The minimum Gasteiger partial charge on any atom is -0.487 e. The van der Waals surface area contributed by atoms with Gasteiger partial charge in [-0.2, -0.15) is 4.98 Å². The van der Waals surface area contributed by atoms with Crippen molar-refractivity contribution in [3.8, 4) is 17.2 Å². The topological polar surface area (TPSA) is 80.5 Å². The molecular formula is C19H17FN4O3. The highest BCUT2D eigenvalue weighted by Gasteiger charge is 2.32. The van der Waals surface area contributed by atoms with Gasteiger partial charge in [0.15, 0.2) is 5.82 Å². The van der Waals surface area contributed by atoms with Crippen molar-refractivity contribution in [1.82, 2.24) is 15.0 Å². The lowest BCUT2D eigenvalue weighted by molar-refractivity contribution is 0.0493. The summed E-state index contributed by atoms with van der Waals surface area (Å²) in [6.07, 6.45) is -0.108.